The summed E-state index contributed by atoms with van der Waals surface area (Å²) in [6.07, 6.45) is 0.587. The van der Waals surface area contributed by atoms with Gasteiger partial charge in [-0.15, -0.1) is 16.7 Å². The molecule has 3 rings (SSSR count). The molecule has 5 nitrogen and oxygen atoms in total. The highest BCUT2D eigenvalue weighted by atomic mass is 35.5. The van der Waals surface area contributed by atoms with Crippen LogP contribution in [-0.4, -0.2) is 42.3 Å². The number of piperazine rings is 1. The Hall–Kier alpha value is -1.82. The molecule has 2 aromatic rings. The van der Waals surface area contributed by atoms with Gasteiger partial charge in [0.25, 0.3) is 0 Å². The lowest BCUT2D eigenvalue weighted by Gasteiger charge is -2.35. The van der Waals surface area contributed by atoms with Crippen LogP contribution in [0.3, 0.4) is 0 Å². The Balaban J connectivity index is 1.60. The number of aryl methyl sites for hydroxylation is 1. The first kappa shape index (κ1) is 14.1. The van der Waals surface area contributed by atoms with Crippen LogP contribution >= 0.6 is 11.6 Å². The molecule has 1 aromatic carbocycles. The van der Waals surface area contributed by atoms with Gasteiger partial charge in [-0.25, -0.2) is 4.39 Å². The number of hydrogen-bond donors (Lipinski definition) is 0. The Morgan fingerprint density at radius 3 is 2.38 bits per heavy atom. The molecule has 7 heteroatoms. The second kappa shape index (κ2) is 6.30. The Labute approximate surface area is 127 Å². The van der Waals surface area contributed by atoms with Gasteiger partial charge in [0.1, 0.15) is 5.82 Å². The van der Waals surface area contributed by atoms with Crippen molar-refractivity contribution in [3.8, 4) is 0 Å². The Kier molecular flexibility index (Phi) is 4.24. The second-order valence-electron chi connectivity index (χ2n) is 4.87. The van der Waals surface area contributed by atoms with Crippen LogP contribution in [0.5, 0.6) is 0 Å². The van der Waals surface area contributed by atoms with E-state index in [9.17, 15) is 4.39 Å². The third kappa shape index (κ3) is 3.26. The Morgan fingerprint density at radius 2 is 1.71 bits per heavy atom. The molecule has 0 radical (unpaired) electrons. The van der Waals surface area contributed by atoms with Crippen molar-refractivity contribution in [1.29, 1.82) is 0 Å². The summed E-state index contributed by atoms with van der Waals surface area (Å²) in [6.45, 7) is 3.25. The molecule has 1 fully saturated rings. The van der Waals surface area contributed by atoms with Gasteiger partial charge in [-0.2, -0.15) is 0 Å². The smallest absolute Gasteiger partial charge is 0.318 e. The minimum absolute atomic E-state index is 0.213. The van der Waals surface area contributed by atoms with Gasteiger partial charge in [0.15, 0.2) is 0 Å². The molecule has 2 heterocycles. The molecule has 0 spiro atoms. The molecule has 1 aromatic heterocycles. The number of nitrogens with zero attached hydrogens (tertiary/aromatic N) is 4. The molecule has 0 saturated carbocycles. The molecule has 1 aliphatic rings. The number of hydrogen-bond acceptors (Lipinski definition) is 5. The van der Waals surface area contributed by atoms with Crippen molar-refractivity contribution in [3.63, 3.8) is 0 Å². The third-order valence-electron chi connectivity index (χ3n) is 3.51. The van der Waals surface area contributed by atoms with E-state index in [0.29, 0.717) is 24.2 Å². The molecule has 0 amide bonds. The van der Waals surface area contributed by atoms with Crippen LogP contribution in [0.2, 0.25) is 0 Å². The molecule has 0 N–H and O–H groups in total. The molecule has 112 valence electrons. The highest BCUT2D eigenvalue weighted by Crippen LogP contribution is 2.20. The lowest BCUT2D eigenvalue weighted by atomic mass is 10.2. The molecule has 0 aliphatic carbocycles. The summed E-state index contributed by atoms with van der Waals surface area (Å²) in [4.78, 5) is 4.27. The largest absolute Gasteiger partial charge is 0.408 e. The third-order valence-corrected chi connectivity index (χ3v) is 3.70. The molecule has 0 atom stereocenters. The zero-order valence-corrected chi connectivity index (χ0v) is 12.3. The molecule has 1 aliphatic heterocycles. The predicted octanol–water partition coefficient (Wildman–Crippen LogP) is 2.32. The monoisotopic (exact) mass is 310 g/mol. The molecule has 1 saturated heterocycles. The van der Waals surface area contributed by atoms with E-state index in [0.717, 1.165) is 31.9 Å². The van der Waals surface area contributed by atoms with E-state index in [4.69, 9.17) is 16.0 Å². The van der Waals surface area contributed by atoms with E-state index in [-0.39, 0.29) is 5.82 Å². The van der Waals surface area contributed by atoms with Gasteiger partial charge in [0.2, 0.25) is 5.89 Å². The summed E-state index contributed by atoms with van der Waals surface area (Å²) in [5.41, 5.74) is 1.03. The summed E-state index contributed by atoms with van der Waals surface area (Å²) in [7, 11) is 0. The summed E-state index contributed by atoms with van der Waals surface area (Å²) in [5.74, 6) is 0.830. The first-order valence-corrected chi connectivity index (χ1v) is 7.43. The van der Waals surface area contributed by atoms with Gasteiger partial charge < -0.3 is 14.2 Å². The van der Waals surface area contributed by atoms with Crippen molar-refractivity contribution in [3.05, 3.63) is 36.0 Å². The van der Waals surface area contributed by atoms with Crippen LogP contribution in [0, 0.1) is 5.82 Å². The van der Waals surface area contributed by atoms with Crippen LogP contribution in [0.1, 0.15) is 5.89 Å². The lowest BCUT2D eigenvalue weighted by Crippen LogP contribution is -2.46. The molecule has 21 heavy (non-hydrogen) atoms. The molecule has 0 bridgehead atoms. The number of benzene rings is 1. The van der Waals surface area contributed by atoms with Crippen LogP contribution < -0.4 is 9.80 Å². The maximum absolute atomic E-state index is 12.9. The minimum Gasteiger partial charge on any atom is -0.408 e. The summed E-state index contributed by atoms with van der Waals surface area (Å²) in [6, 6.07) is 7.12. The maximum atomic E-state index is 12.9. The maximum Gasteiger partial charge on any atom is 0.318 e. The van der Waals surface area contributed by atoms with Crippen LogP contribution in [0.25, 0.3) is 0 Å². The predicted molar refractivity (Wildman–Crippen MR) is 79.5 cm³/mol. The SMILES string of the molecule is Fc1ccc(N2CCN(c3nnc(CCCl)o3)CC2)cc1. The van der Waals surface area contributed by atoms with Crippen LogP contribution in [0.15, 0.2) is 28.7 Å². The van der Waals surface area contributed by atoms with E-state index >= 15 is 0 Å². The average molecular weight is 311 g/mol. The van der Waals surface area contributed by atoms with Crippen molar-refractivity contribution in [2.75, 3.05) is 41.9 Å². The summed E-state index contributed by atoms with van der Waals surface area (Å²) in [5, 5.41) is 8.02. The van der Waals surface area contributed by atoms with Gasteiger partial charge in [-0.1, -0.05) is 5.10 Å². The van der Waals surface area contributed by atoms with Gasteiger partial charge in [0.05, 0.1) is 0 Å². The Morgan fingerprint density at radius 1 is 1.05 bits per heavy atom. The number of rotatable bonds is 4. The van der Waals surface area contributed by atoms with E-state index in [1.165, 1.54) is 12.1 Å². The van der Waals surface area contributed by atoms with Crippen molar-refractivity contribution in [2.24, 2.45) is 0 Å². The zero-order chi connectivity index (χ0) is 14.7. The fourth-order valence-corrected chi connectivity index (χ4v) is 2.52. The minimum atomic E-state index is -0.213. The quantitative estimate of drug-likeness (QED) is 0.811. The van der Waals surface area contributed by atoms with E-state index < -0.39 is 0 Å². The zero-order valence-electron chi connectivity index (χ0n) is 11.5. The second-order valence-corrected chi connectivity index (χ2v) is 5.25. The first-order valence-electron chi connectivity index (χ1n) is 6.90. The van der Waals surface area contributed by atoms with Gasteiger partial charge in [0, 0.05) is 44.2 Å². The van der Waals surface area contributed by atoms with E-state index in [2.05, 4.69) is 20.0 Å². The Bertz CT molecular complexity index is 581. The number of alkyl halides is 1. The average Bonchev–Trinajstić information content (AvgIpc) is 2.97. The number of halogens is 2. The topological polar surface area (TPSA) is 45.4 Å². The molecular formula is C14H16ClFN4O. The van der Waals surface area contributed by atoms with Gasteiger partial charge >= 0.3 is 6.01 Å². The molecular weight excluding hydrogens is 295 g/mol. The van der Waals surface area contributed by atoms with Crippen molar-refractivity contribution in [1.82, 2.24) is 10.2 Å². The van der Waals surface area contributed by atoms with Crippen molar-refractivity contribution in [2.45, 2.75) is 6.42 Å². The fourth-order valence-electron chi connectivity index (χ4n) is 2.36. The fraction of sp³-hybridized carbons (Fsp3) is 0.429. The summed E-state index contributed by atoms with van der Waals surface area (Å²) >= 11 is 5.65. The standard InChI is InChI=1S/C14H16ClFN4O/c15-6-5-13-17-18-14(21-13)20-9-7-19(8-10-20)12-3-1-11(16)2-4-12/h1-4H,5-10H2. The van der Waals surface area contributed by atoms with Gasteiger partial charge in [-0.05, 0) is 24.3 Å². The first-order chi connectivity index (χ1) is 10.3. The highest BCUT2D eigenvalue weighted by Gasteiger charge is 2.21. The van der Waals surface area contributed by atoms with E-state index in [1.807, 2.05) is 0 Å². The van der Waals surface area contributed by atoms with Crippen molar-refractivity contribution < 1.29 is 8.81 Å². The van der Waals surface area contributed by atoms with Gasteiger partial charge in [-0.3, -0.25) is 0 Å². The normalized spacial score (nSPS) is 15.5. The number of anilines is 2. The highest BCUT2D eigenvalue weighted by molar-refractivity contribution is 6.17. The lowest BCUT2D eigenvalue weighted by molar-refractivity contribution is 0.479. The van der Waals surface area contributed by atoms with Crippen LogP contribution in [0.4, 0.5) is 16.1 Å². The van der Waals surface area contributed by atoms with Crippen LogP contribution in [-0.2, 0) is 6.42 Å². The van der Waals surface area contributed by atoms with E-state index in [1.54, 1.807) is 12.1 Å². The van der Waals surface area contributed by atoms with Crippen molar-refractivity contribution >= 4 is 23.3 Å². The molecule has 0 unspecified atom stereocenters. The summed E-state index contributed by atoms with van der Waals surface area (Å²) < 4.78 is 18.5. The number of aromatic nitrogens is 2.